The number of halogens is 1. The third kappa shape index (κ3) is 3.81. The Bertz CT molecular complexity index is 467. The first-order valence-electron chi connectivity index (χ1n) is 7.02. The van der Waals surface area contributed by atoms with Crippen molar-refractivity contribution in [3.05, 3.63) is 28.7 Å². The van der Waals surface area contributed by atoms with E-state index in [2.05, 4.69) is 26.1 Å². The van der Waals surface area contributed by atoms with E-state index in [-0.39, 0.29) is 18.6 Å². The molecular formula is C15H21BrN2O2. The second-order valence-electron chi connectivity index (χ2n) is 5.33. The molecule has 0 radical (unpaired) electrons. The molecule has 0 spiro atoms. The van der Waals surface area contributed by atoms with E-state index in [1.807, 2.05) is 31.2 Å². The highest BCUT2D eigenvalue weighted by atomic mass is 79.9. The van der Waals surface area contributed by atoms with Gasteiger partial charge < -0.3 is 10.4 Å². The molecule has 110 valence electrons. The first-order valence-corrected chi connectivity index (χ1v) is 7.81. The normalized spacial score (nSPS) is 21.4. The highest BCUT2D eigenvalue weighted by Gasteiger charge is 2.27. The number of nitrogens with zero attached hydrogens (tertiary/aromatic N) is 1. The SMILES string of the molecule is CC(C(=O)Nc1ccccc1Br)N1CCCC(CO)C1. The Hall–Kier alpha value is -0.910. The average molecular weight is 341 g/mol. The fraction of sp³-hybridized carbons (Fsp3) is 0.533. The van der Waals surface area contributed by atoms with Crippen LogP contribution in [0.2, 0.25) is 0 Å². The molecule has 2 rings (SSSR count). The van der Waals surface area contributed by atoms with Gasteiger partial charge in [0.25, 0.3) is 0 Å². The summed E-state index contributed by atoms with van der Waals surface area (Å²) in [6, 6.07) is 7.41. The predicted octanol–water partition coefficient (Wildman–Crippen LogP) is 2.48. The van der Waals surface area contributed by atoms with Crippen molar-refractivity contribution in [2.45, 2.75) is 25.8 Å². The van der Waals surface area contributed by atoms with Crippen molar-refractivity contribution >= 4 is 27.5 Å². The number of piperidine rings is 1. The molecule has 1 aromatic rings. The van der Waals surface area contributed by atoms with Gasteiger partial charge in [0, 0.05) is 17.6 Å². The summed E-state index contributed by atoms with van der Waals surface area (Å²) in [6.07, 6.45) is 2.09. The first-order chi connectivity index (χ1) is 9.61. The zero-order chi connectivity index (χ0) is 14.5. The van der Waals surface area contributed by atoms with Crippen molar-refractivity contribution in [1.29, 1.82) is 0 Å². The van der Waals surface area contributed by atoms with Crippen LogP contribution in [0.5, 0.6) is 0 Å². The van der Waals surface area contributed by atoms with Crippen LogP contribution in [0.3, 0.4) is 0 Å². The number of hydrogen-bond acceptors (Lipinski definition) is 3. The molecule has 1 fully saturated rings. The quantitative estimate of drug-likeness (QED) is 0.885. The zero-order valence-corrected chi connectivity index (χ0v) is 13.3. The maximum Gasteiger partial charge on any atom is 0.241 e. The maximum atomic E-state index is 12.3. The maximum absolute atomic E-state index is 12.3. The van der Waals surface area contributed by atoms with Crippen LogP contribution in [0.1, 0.15) is 19.8 Å². The molecule has 2 atom stereocenters. The fourth-order valence-corrected chi connectivity index (χ4v) is 2.95. The Kier molecular flexibility index (Phi) is 5.57. The third-order valence-electron chi connectivity index (χ3n) is 3.87. The van der Waals surface area contributed by atoms with Gasteiger partial charge in [-0.15, -0.1) is 0 Å². The van der Waals surface area contributed by atoms with Gasteiger partial charge in [-0.2, -0.15) is 0 Å². The number of carbonyl (C=O) groups excluding carboxylic acids is 1. The lowest BCUT2D eigenvalue weighted by Crippen LogP contribution is -2.47. The van der Waals surface area contributed by atoms with Crippen molar-refractivity contribution < 1.29 is 9.90 Å². The lowest BCUT2D eigenvalue weighted by atomic mass is 9.97. The Morgan fingerprint density at radius 2 is 2.30 bits per heavy atom. The molecule has 1 aliphatic heterocycles. The fourth-order valence-electron chi connectivity index (χ4n) is 2.56. The number of para-hydroxylation sites is 1. The van der Waals surface area contributed by atoms with Crippen LogP contribution in [0.4, 0.5) is 5.69 Å². The highest BCUT2D eigenvalue weighted by molar-refractivity contribution is 9.10. The van der Waals surface area contributed by atoms with E-state index in [0.717, 1.165) is 36.1 Å². The molecule has 5 heteroatoms. The number of nitrogens with one attached hydrogen (secondary N) is 1. The first kappa shape index (κ1) is 15.5. The summed E-state index contributed by atoms with van der Waals surface area (Å²) in [7, 11) is 0. The molecule has 0 bridgehead atoms. The molecule has 20 heavy (non-hydrogen) atoms. The Morgan fingerprint density at radius 1 is 1.55 bits per heavy atom. The number of likely N-dealkylation sites (tertiary alicyclic amines) is 1. The highest BCUT2D eigenvalue weighted by Crippen LogP contribution is 2.23. The van der Waals surface area contributed by atoms with E-state index in [1.54, 1.807) is 0 Å². The van der Waals surface area contributed by atoms with Crippen LogP contribution in [0.25, 0.3) is 0 Å². The number of hydrogen-bond donors (Lipinski definition) is 2. The third-order valence-corrected chi connectivity index (χ3v) is 4.56. The van der Waals surface area contributed by atoms with E-state index in [4.69, 9.17) is 0 Å². The molecule has 0 aliphatic carbocycles. The minimum Gasteiger partial charge on any atom is -0.396 e. The van der Waals surface area contributed by atoms with Crippen molar-refractivity contribution in [2.75, 3.05) is 25.0 Å². The van der Waals surface area contributed by atoms with Crippen LogP contribution in [-0.4, -0.2) is 41.7 Å². The summed E-state index contributed by atoms with van der Waals surface area (Å²) in [5.41, 5.74) is 0.792. The van der Waals surface area contributed by atoms with Crippen LogP contribution in [-0.2, 0) is 4.79 Å². The molecule has 0 saturated carbocycles. The number of aliphatic hydroxyl groups is 1. The molecule has 1 heterocycles. The monoisotopic (exact) mass is 340 g/mol. The second kappa shape index (κ2) is 7.20. The number of carbonyl (C=O) groups is 1. The van der Waals surface area contributed by atoms with Crippen molar-refractivity contribution in [2.24, 2.45) is 5.92 Å². The van der Waals surface area contributed by atoms with Gasteiger partial charge in [-0.05, 0) is 60.3 Å². The van der Waals surface area contributed by atoms with Gasteiger partial charge >= 0.3 is 0 Å². The van der Waals surface area contributed by atoms with Crippen molar-refractivity contribution in [3.8, 4) is 0 Å². The van der Waals surface area contributed by atoms with Gasteiger partial charge in [0.05, 0.1) is 11.7 Å². The average Bonchev–Trinajstić information content (AvgIpc) is 2.48. The van der Waals surface area contributed by atoms with Crippen molar-refractivity contribution in [3.63, 3.8) is 0 Å². The number of benzene rings is 1. The van der Waals surface area contributed by atoms with Crippen LogP contribution >= 0.6 is 15.9 Å². The number of aliphatic hydroxyl groups excluding tert-OH is 1. The standard InChI is InChI=1S/C15H21BrN2O2/c1-11(18-8-4-5-12(9-18)10-19)15(20)17-14-7-3-2-6-13(14)16/h2-3,6-7,11-12,19H,4-5,8-10H2,1H3,(H,17,20). The van der Waals surface area contributed by atoms with E-state index >= 15 is 0 Å². The number of anilines is 1. The van der Waals surface area contributed by atoms with Crippen molar-refractivity contribution in [1.82, 2.24) is 4.90 Å². The van der Waals surface area contributed by atoms with E-state index in [1.165, 1.54) is 0 Å². The molecule has 1 amide bonds. The Morgan fingerprint density at radius 3 is 3.00 bits per heavy atom. The molecular weight excluding hydrogens is 320 g/mol. The smallest absolute Gasteiger partial charge is 0.241 e. The summed E-state index contributed by atoms with van der Waals surface area (Å²) in [5, 5.41) is 12.2. The molecule has 2 unspecified atom stereocenters. The minimum absolute atomic E-state index is 0.00418. The van der Waals surface area contributed by atoms with Gasteiger partial charge in [-0.3, -0.25) is 9.69 Å². The van der Waals surface area contributed by atoms with Crippen LogP contribution < -0.4 is 5.32 Å². The molecule has 2 N–H and O–H groups in total. The number of rotatable bonds is 4. The second-order valence-corrected chi connectivity index (χ2v) is 6.19. The van der Waals surface area contributed by atoms with Gasteiger partial charge in [0.2, 0.25) is 5.91 Å². The van der Waals surface area contributed by atoms with Gasteiger partial charge in [0.15, 0.2) is 0 Å². The van der Waals surface area contributed by atoms with Crippen LogP contribution in [0.15, 0.2) is 28.7 Å². The summed E-state index contributed by atoms with van der Waals surface area (Å²) in [6.45, 7) is 3.84. The molecule has 1 aromatic carbocycles. The summed E-state index contributed by atoms with van der Waals surface area (Å²) >= 11 is 3.43. The summed E-state index contributed by atoms with van der Waals surface area (Å²) < 4.78 is 0.882. The minimum atomic E-state index is -0.184. The Balaban J connectivity index is 1.96. The largest absolute Gasteiger partial charge is 0.396 e. The van der Waals surface area contributed by atoms with Gasteiger partial charge in [-0.25, -0.2) is 0 Å². The summed E-state index contributed by atoms with van der Waals surface area (Å²) in [4.78, 5) is 14.5. The number of amides is 1. The van der Waals surface area contributed by atoms with Gasteiger partial charge in [-0.1, -0.05) is 12.1 Å². The summed E-state index contributed by atoms with van der Waals surface area (Å²) in [5.74, 6) is 0.290. The lowest BCUT2D eigenvalue weighted by Gasteiger charge is -2.35. The van der Waals surface area contributed by atoms with E-state index in [0.29, 0.717) is 5.92 Å². The molecule has 1 aliphatic rings. The van der Waals surface area contributed by atoms with E-state index < -0.39 is 0 Å². The molecule has 0 aromatic heterocycles. The van der Waals surface area contributed by atoms with Crippen LogP contribution in [0, 0.1) is 5.92 Å². The lowest BCUT2D eigenvalue weighted by molar-refractivity contribution is -0.121. The topological polar surface area (TPSA) is 52.6 Å². The zero-order valence-electron chi connectivity index (χ0n) is 11.7. The molecule has 1 saturated heterocycles. The molecule has 4 nitrogen and oxygen atoms in total. The van der Waals surface area contributed by atoms with E-state index in [9.17, 15) is 9.90 Å². The predicted molar refractivity (Wildman–Crippen MR) is 83.6 cm³/mol. The van der Waals surface area contributed by atoms with Gasteiger partial charge in [0.1, 0.15) is 0 Å². The Labute approximate surface area is 128 Å².